The molecular weight excluding hydrogens is 376 g/mol. The van der Waals surface area contributed by atoms with Gasteiger partial charge in [-0.1, -0.05) is 49.7 Å². The molecule has 1 aromatic carbocycles. The van der Waals surface area contributed by atoms with E-state index in [1.165, 1.54) is 18.9 Å². The highest BCUT2D eigenvalue weighted by molar-refractivity contribution is 7.99. The summed E-state index contributed by atoms with van der Waals surface area (Å²) in [5, 5.41) is 11.8. The molecule has 0 radical (unpaired) electrons. The number of carbonyl (C=O) groups is 2. The molecule has 0 unspecified atom stereocenters. The molecule has 0 saturated carbocycles. The summed E-state index contributed by atoms with van der Waals surface area (Å²) in [6.45, 7) is 3.85. The molecule has 1 amide bonds. The summed E-state index contributed by atoms with van der Waals surface area (Å²) in [7, 11) is 1.31. The van der Waals surface area contributed by atoms with Crippen molar-refractivity contribution < 1.29 is 14.3 Å². The molecule has 0 fully saturated rings. The van der Waals surface area contributed by atoms with Crippen molar-refractivity contribution in [1.82, 2.24) is 20.1 Å². The van der Waals surface area contributed by atoms with Gasteiger partial charge in [-0.2, -0.15) is 0 Å². The van der Waals surface area contributed by atoms with Crippen LogP contribution in [0.15, 0.2) is 35.7 Å². The van der Waals surface area contributed by atoms with Gasteiger partial charge in [0.2, 0.25) is 5.91 Å². The molecule has 1 aromatic heterocycles. The Kier molecular flexibility index (Phi) is 7.47. The first-order chi connectivity index (χ1) is 12.5. The minimum atomic E-state index is -0.663. The van der Waals surface area contributed by atoms with Crippen LogP contribution >= 0.6 is 23.4 Å². The maximum Gasteiger partial charge on any atom is 0.328 e. The lowest BCUT2D eigenvalue weighted by Crippen LogP contribution is -2.46. The SMILES string of the molecule is CC[C@H](C)[C@H](NC(=O)CSc1nncn1-c1cccc(Cl)c1)C(=O)OC. The van der Waals surface area contributed by atoms with Gasteiger partial charge < -0.3 is 10.1 Å². The number of nitrogens with one attached hydrogen (secondary N) is 1. The number of thioether (sulfide) groups is 1. The van der Waals surface area contributed by atoms with Crippen molar-refractivity contribution in [1.29, 1.82) is 0 Å². The number of nitrogens with zero attached hydrogens (tertiary/aromatic N) is 3. The van der Waals surface area contributed by atoms with E-state index in [-0.39, 0.29) is 17.6 Å². The summed E-state index contributed by atoms with van der Waals surface area (Å²) < 4.78 is 6.52. The lowest BCUT2D eigenvalue weighted by Gasteiger charge is -2.21. The van der Waals surface area contributed by atoms with E-state index in [9.17, 15) is 9.59 Å². The summed E-state index contributed by atoms with van der Waals surface area (Å²) in [5.74, 6) is -0.638. The summed E-state index contributed by atoms with van der Waals surface area (Å²) >= 11 is 7.24. The van der Waals surface area contributed by atoms with E-state index >= 15 is 0 Å². The van der Waals surface area contributed by atoms with E-state index in [1.807, 2.05) is 26.0 Å². The molecule has 26 heavy (non-hydrogen) atoms. The third kappa shape index (κ3) is 5.22. The molecule has 0 saturated heterocycles. The molecule has 7 nitrogen and oxygen atoms in total. The molecule has 2 rings (SSSR count). The van der Waals surface area contributed by atoms with Gasteiger partial charge >= 0.3 is 5.97 Å². The number of rotatable bonds is 8. The van der Waals surface area contributed by atoms with Crippen molar-refractivity contribution in [3.05, 3.63) is 35.6 Å². The van der Waals surface area contributed by atoms with E-state index in [0.717, 1.165) is 12.1 Å². The van der Waals surface area contributed by atoms with Gasteiger partial charge in [-0.3, -0.25) is 9.36 Å². The molecule has 0 aliphatic rings. The Hall–Kier alpha value is -2.06. The molecule has 2 aromatic rings. The van der Waals surface area contributed by atoms with E-state index in [2.05, 4.69) is 15.5 Å². The standard InChI is InChI=1S/C17H21ClN4O3S/c1-4-11(2)15(16(24)25-3)20-14(23)9-26-17-21-19-10-22(17)13-7-5-6-12(18)8-13/h5-8,10-11,15H,4,9H2,1-3H3,(H,20,23)/t11-,15-/m0/s1. The highest BCUT2D eigenvalue weighted by Crippen LogP contribution is 2.21. The molecule has 0 aliphatic heterocycles. The number of halogens is 1. The zero-order chi connectivity index (χ0) is 19.1. The Balaban J connectivity index is 2.02. The molecule has 1 N–H and O–H groups in total. The second-order valence-electron chi connectivity index (χ2n) is 5.71. The number of esters is 1. The Morgan fingerprint density at radius 2 is 2.19 bits per heavy atom. The fourth-order valence-electron chi connectivity index (χ4n) is 2.27. The second kappa shape index (κ2) is 9.59. The van der Waals surface area contributed by atoms with Gasteiger partial charge in [-0.15, -0.1) is 10.2 Å². The zero-order valence-electron chi connectivity index (χ0n) is 14.8. The quantitative estimate of drug-likeness (QED) is 0.545. The van der Waals surface area contributed by atoms with Gasteiger partial charge in [0.05, 0.1) is 18.6 Å². The Bertz CT molecular complexity index is 768. The molecule has 1 heterocycles. The van der Waals surface area contributed by atoms with Crippen LogP contribution in [0.4, 0.5) is 0 Å². The minimum absolute atomic E-state index is 0.0217. The Morgan fingerprint density at radius 1 is 1.42 bits per heavy atom. The fraction of sp³-hybridized carbons (Fsp3) is 0.412. The minimum Gasteiger partial charge on any atom is -0.467 e. The Labute approximate surface area is 161 Å². The van der Waals surface area contributed by atoms with Crippen LogP contribution in [-0.4, -0.2) is 45.5 Å². The normalized spacial score (nSPS) is 13.1. The number of amides is 1. The van der Waals surface area contributed by atoms with Crippen LogP contribution in [-0.2, 0) is 14.3 Å². The highest BCUT2D eigenvalue weighted by Gasteiger charge is 2.26. The maximum atomic E-state index is 12.3. The van der Waals surface area contributed by atoms with Crippen LogP contribution in [0.2, 0.25) is 5.02 Å². The summed E-state index contributed by atoms with van der Waals surface area (Å²) in [6.07, 6.45) is 2.30. The summed E-state index contributed by atoms with van der Waals surface area (Å²) in [6, 6.07) is 6.59. The van der Waals surface area contributed by atoms with Crippen molar-refractivity contribution in [3.63, 3.8) is 0 Å². The third-order valence-electron chi connectivity index (χ3n) is 3.92. The van der Waals surface area contributed by atoms with Gasteiger partial charge in [0.25, 0.3) is 0 Å². The molecule has 0 bridgehead atoms. The van der Waals surface area contributed by atoms with E-state index < -0.39 is 12.0 Å². The van der Waals surface area contributed by atoms with Gasteiger partial charge in [-0.05, 0) is 24.1 Å². The zero-order valence-corrected chi connectivity index (χ0v) is 16.4. The van der Waals surface area contributed by atoms with Crippen LogP contribution in [0.3, 0.4) is 0 Å². The van der Waals surface area contributed by atoms with Gasteiger partial charge in [0.1, 0.15) is 12.4 Å². The van der Waals surface area contributed by atoms with Crippen LogP contribution in [0.1, 0.15) is 20.3 Å². The van der Waals surface area contributed by atoms with Crippen LogP contribution in [0, 0.1) is 5.92 Å². The van der Waals surface area contributed by atoms with Gasteiger partial charge in [0.15, 0.2) is 5.16 Å². The molecule has 9 heteroatoms. The first kappa shape index (κ1) is 20.3. The smallest absolute Gasteiger partial charge is 0.328 e. The largest absolute Gasteiger partial charge is 0.467 e. The molecule has 140 valence electrons. The topological polar surface area (TPSA) is 86.1 Å². The fourth-order valence-corrected chi connectivity index (χ4v) is 3.19. The predicted octanol–water partition coefficient (Wildman–Crippen LogP) is 2.72. The molecule has 0 spiro atoms. The maximum absolute atomic E-state index is 12.3. The van der Waals surface area contributed by atoms with Crippen LogP contribution < -0.4 is 5.32 Å². The monoisotopic (exact) mass is 396 g/mol. The van der Waals surface area contributed by atoms with Crippen molar-refractivity contribution >= 4 is 35.2 Å². The number of methoxy groups -OCH3 is 1. The third-order valence-corrected chi connectivity index (χ3v) is 5.10. The van der Waals surface area contributed by atoms with E-state index in [1.54, 1.807) is 23.0 Å². The molecular formula is C17H21ClN4O3S. The molecule has 0 aliphatic carbocycles. The van der Waals surface area contributed by atoms with Gasteiger partial charge in [-0.25, -0.2) is 4.79 Å². The lowest BCUT2D eigenvalue weighted by atomic mass is 9.99. The summed E-state index contributed by atoms with van der Waals surface area (Å²) in [4.78, 5) is 24.1. The van der Waals surface area contributed by atoms with E-state index in [4.69, 9.17) is 16.3 Å². The van der Waals surface area contributed by atoms with Crippen LogP contribution in [0.25, 0.3) is 5.69 Å². The van der Waals surface area contributed by atoms with Gasteiger partial charge in [0, 0.05) is 5.02 Å². The lowest BCUT2D eigenvalue weighted by molar-refractivity contribution is -0.146. The van der Waals surface area contributed by atoms with Crippen molar-refractivity contribution in [2.75, 3.05) is 12.9 Å². The number of ether oxygens (including phenoxy) is 1. The summed E-state index contributed by atoms with van der Waals surface area (Å²) in [5.41, 5.74) is 0.803. The van der Waals surface area contributed by atoms with Crippen molar-refractivity contribution in [2.45, 2.75) is 31.5 Å². The first-order valence-corrected chi connectivity index (χ1v) is 9.48. The molecule has 2 atom stereocenters. The average molecular weight is 397 g/mol. The number of carbonyl (C=O) groups excluding carboxylic acids is 2. The number of hydrogen-bond acceptors (Lipinski definition) is 6. The Morgan fingerprint density at radius 3 is 2.85 bits per heavy atom. The highest BCUT2D eigenvalue weighted by atomic mass is 35.5. The number of aromatic nitrogens is 3. The number of benzene rings is 1. The first-order valence-electron chi connectivity index (χ1n) is 8.12. The van der Waals surface area contributed by atoms with Crippen molar-refractivity contribution in [2.24, 2.45) is 5.92 Å². The number of hydrogen-bond donors (Lipinski definition) is 1. The van der Waals surface area contributed by atoms with Crippen molar-refractivity contribution in [3.8, 4) is 5.69 Å². The second-order valence-corrected chi connectivity index (χ2v) is 7.08. The average Bonchev–Trinajstić information content (AvgIpc) is 3.11. The van der Waals surface area contributed by atoms with Crippen LogP contribution in [0.5, 0.6) is 0 Å². The van der Waals surface area contributed by atoms with E-state index in [0.29, 0.717) is 10.2 Å². The predicted molar refractivity (Wildman–Crippen MR) is 100 cm³/mol.